The maximum Gasteiger partial charge on any atom is 0.307 e. The molecular weight excluding hydrogens is 352 g/mol. The number of rotatable bonds is 6. The molecular formula is C22H18N4O2. The number of carbonyl (C=O) groups is 1. The monoisotopic (exact) mass is 370 g/mol. The van der Waals surface area contributed by atoms with Crippen LogP contribution in [-0.4, -0.2) is 21.9 Å². The maximum absolute atomic E-state index is 12.0. The molecule has 0 spiro atoms. The van der Waals surface area contributed by atoms with Gasteiger partial charge in [-0.1, -0.05) is 60.7 Å². The second kappa shape index (κ2) is 8.18. The van der Waals surface area contributed by atoms with Crippen LogP contribution in [0, 0.1) is 0 Å². The van der Waals surface area contributed by atoms with Crippen LogP contribution in [0.15, 0.2) is 94.8 Å². The van der Waals surface area contributed by atoms with Gasteiger partial charge >= 0.3 is 5.91 Å². The highest BCUT2D eigenvalue weighted by Gasteiger charge is 2.11. The summed E-state index contributed by atoms with van der Waals surface area (Å²) >= 11 is 0. The molecule has 0 fully saturated rings. The van der Waals surface area contributed by atoms with Crippen LogP contribution in [0.25, 0.3) is 11.3 Å². The number of hydrogen-bond donors (Lipinski definition) is 1. The van der Waals surface area contributed by atoms with Crippen LogP contribution in [0.2, 0.25) is 0 Å². The molecule has 1 N–H and O–H groups in total. The fourth-order valence-electron chi connectivity index (χ4n) is 2.83. The van der Waals surface area contributed by atoms with Crippen LogP contribution in [0.1, 0.15) is 21.7 Å². The molecule has 138 valence electrons. The standard InChI is InChI=1S/C22H18N4O2/c27-22(20-12-7-13-28-20)24-23-14-19-16-26(15-17-8-3-1-4-9-17)25-21(19)18-10-5-2-6-11-18/h1-14,16H,15H2,(H,24,27)/b23-14+. The minimum Gasteiger partial charge on any atom is -0.459 e. The van der Waals surface area contributed by atoms with Crippen molar-refractivity contribution in [2.45, 2.75) is 6.54 Å². The van der Waals surface area contributed by atoms with E-state index in [-0.39, 0.29) is 5.76 Å². The fraction of sp³-hybridized carbons (Fsp3) is 0.0455. The van der Waals surface area contributed by atoms with E-state index in [2.05, 4.69) is 22.7 Å². The van der Waals surface area contributed by atoms with Gasteiger partial charge in [0.15, 0.2) is 5.76 Å². The quantitative estimate of drug-likeness (QED) is 0.412. The summed E-state index contributed by atoms with van der Waals surface area (Å²) in [7, 11) is 0. The van der Waals surface area contributed by atoms with E-state index in [0.717, 1.165) is 22.4 Å². The SMILES string of the molecule is O=C(N/N=C/c1cn(Cc2ccccc2)nc1-c1ccccc1)c1ccco1. The number of carbonyl (C=O) groups excluding carboxylic acids is 1. The number of furan rings is 1. The van der Waals surface area contributed by atoms with Crippen molar-refractivity contribution in [3.05, 3.63) is 102 Å². The molecule has 2 aromatic heterocycles. The van der Waals surface area contributed by atoms with E-state index < -0.39 is 5.91 Å². The van der Waals surface area contributed by atoms with Crippen LogP contribution in [-0.2, 0) is 6.54 Å². The molecule has 4 rings (SSSR count). The second-order valence-corrected chi connectivity index (χ2v) is 6.16. The van der Waals surface area contributed by atoms with Gasteiger partial charge in [-0.25, -0.2) is 5.43 Å². The third kappa shape index (κ3) is 4.07. The number of hydrogen-bond acceptors (Lipinski definition) is 4. The van der Waals surface area contributed by atoms with Crippen molar-refractivity contribution in [3.8, 4) is 11.3 Å². The van der Waals surface area contributed by atoms with Crippen LogP contribution in [0.4, 0.5) is 0 Å². The van der Waals surface area contributed by atoms with Gasteiger partial charge in [0, 0.05) is 17.3 Å². The van der Waals surface area contributed by atoms with Crippen molar-refractivity contribution >= 4 is 12.1 Å². The molecule has 4 aromatic rings. The summed E-state index contributed by atoms with van der Waals surface area (Å²) in [5, 5.41) is 8.78. The highest BCUT2D eigenvalue weighted by Crippen LogP contribution is 2.21. The van der Waals surface area contributed by atoms with Crippen LogP contribution in [0.5, 0.6) is 0 Å². The van der Waals surface area contributed by atoms with Gasteiger partial charge < -0.3 is 4.42 Å². The number of benzene rings is 2. The summed E-state index contributed by atoms with van der Waals surface area (Å²) in [6.45, 7) is 0.646. The predicted molar refractivity (Wildman–Crippen MR) is 107 cm³/mol. The van der Waals surface area contributed by atoms with E-state index in [1.807, 2.05) is 59.4 Å². The van der Waals surface area contributed by atoms with Crippen molar-refractivity contribution in [2.24, 2.45) is 5.10 Å². The van der Waals surface area contributed by atoms with Crippen molar-refractivity contribution in [1.82, 2.24) is 15.2 Å². The van der Waals surface area contributed by atoms with E-state index in [4.69, 9.17) is 9.52 Å². The summed E-state index contributed by atoms with van der Waals surface area (Å²) in [4.78, 5) is 12.0. The lowest BCUT2D eigenvalue weighted by molar-refractivity contribution is 0.0927. The zero-order valence-corrected chi connectivity index (χ0v) is 15.0. The van der Waals surface area contributed by atoms with E-state index >= 15 is 0 Å². The Bertz CT molecular complexity index is 1070. The number of aromatic nitrogens is 2. The van der Waals surface area contributed by atoms with E-state index in [1.165, 1.54) is 6.26 Å². The molecule has 2 aromatic carbocycles. The minimum absolute atomic E-state index is 0.209. The zero-order valence-electron chi connectivity index (χ0n) is 15.0. The predicted octanol–water partition coefficient (Wildman–Crippen LogP) is 3.96. The van der Waals surface area contributed by atoms with Gasteiger partial charge in [0.25, 0.3) is 0 Å². The second-order valence-electron chi connectivity index (χ2n) is 6.16. The number of hydrazone groups is 1. The molecule has 0 saturated heterocycles. The molecule has 0 aliphatic carbocycles. The molecule has 0 atom stereocenters. The smallest absolute Gasteiger partial charge is 0.307 e. The Labute approximate surface area is 162 Å². The van der Waals surface area contributed by atoms with Gasteiger partial charge in [-0.2, -0.15) is 10.2 Å². The lowest BCUT2D eigenvalue weighted by Crippen LogP contribution is -2.16. The first kappa shape index (κ1) is 17.5. The highest BCUT2D eigenvalue weighted by atomic mass is 16.3. The van der Waals surface area contributed by atoms with Gasteiger partial charge in [0.2, 0.25) is 0 Å². The third-order valence-electron chi connectivity index (χ3n) is 4.14. The Hall–Kier alpha value is -3.93. The fourth-order valence-corrected chi connectivity index (χ4v) is 2.83. The molecule has 0 bridgehead atoms. The van der Waals surface area contributed by atoms with Gasteiger partial charge in [-0.15, -0.1) is 0 Å². The first-order chi connectivity index (χ1) is 13.8. The van der Waals surface area contributed by atoms with Crippen LogP contribution < -0.4 is 5.43 Å². The Balaban J connectivity index is 1.59. The molecule has 6 nitrogen and oxygen atoms in total. The summed E-state index contributed by atoms with van der Waals surface area (Å²) in [6.07, 6.45) is 4.95. The lowest BCUT2D eigenvalue weighted by atomic mass is 10.1. The molecule has 0 aliphatic heterocycles. The Morgan fingerprint density at radius 3 is 2.50 bits per heavy atom. The number of nitrogens with zero attached hydrogens (tertiary/aromatic N) is 3. The number of amides is 1. The highest BCUT2D eigenvalue weighted by molar-refractivity contribution is 5.93. The van der Waals surface area contributed by atoms with Gasteiger partial charge in [-0.3, -0.25) is 9.48 Å². The van der Waals surface area contributed by atoms with Gasteiger partial charge in [-0.05, 0) is 17.7 Å². The molecule has 0 radical (unpaired) electrons. The van der Waals surface area contributed by atoms with Crippen molar-refractivity contribution in [2.75, 3.05) is 0 Å². The van der Waals surface area contributed by atoms with Crippen LogP contribution >= 0.6 is 0 Å². The Kier molecular flexibility index (Phi) is 5.11. The molecule has 2 heterocycles. The van der Waals surface area contributed by atoms with Crippen molar-refractivity contribution in [3.63, 3.8) is 0 Å². The lowest BCUT2D eigenvalue weighted by Gasteiger charge is -2.01. The van der Waals surface area contributed by atoms with E-state index in [9.17, 15) is 4.79 Å². The third-order valence-corrected chi connectivity index (χ3v) is 4.14. The summed E-state index contributed by atoms with van der Waals surface area (Å²) in [5.74, 6) is -0.195. The normalized spacial score (nSPS) is 11.0. The van der Waals surface area contributed by atoms with E-state index in [1.54, 1.807) is 18.3 Å². The molecule has 6 heteroatoms. The Morgan fingerprint density at radius 2 is 1.79 bits per heavy atom. The molecule has 28 heavy (non-hydrogen) atoms. The average molecular weight is 370 g/mol. The van der Waals surface area contributed by atoms with Gasteiger partial charge in [0.05, 0.1) is 19.0 Å². The Morgan fingerprint density at radius 1 is 1.04 bits per heavy atom. The zero-order chi connectivity index (χ0) is 19.2. The average Bonchev–Trinajstić information content (AvgIpc) is 3.40. The molecule has 1 amide bonds. The first-order valence-corrected chi connectivity index (χ1v) is 8.83. The molecule has 0 aliphatic rings. The minimum atomic E-state index is -0.404. The summed E-state index contributed by atoms with van der Waals surface area (Å²) in [6, 6.07) is 23.2. The summed E-state index contributed by atoms with van der Waals surface area (Å²) < 4.78 is 6.93. The van der Waals surface area contributed by atoms with E-state index in [0.29, 0.717) is 6.54 Å². The first-order valence-electron chi connectivity index (χ1n) is 8.83. The topological polar surface area (TPSA) is 72.4 Å². The van der Waals surface area contributed by atoms with Crippen molar-refractivity contribution in [1.29, 1.82) is 0 Å². The largest absolute Gasteiger partial charge is 0.459 e. The number of nitrogens with one attached hydrogen (secondary N) is 1. The molecule has 0 saturated carbocycles. The molecule has 0 unspecified atom stereocenters. The van der Waals surface area contributed by atoms with Gasteiger partial charge in [0.1, 0.15) is 5.69 Å². The summed E-state index contributed by atoms with van der Waals surface area (Å²) in [5.41, 5.74) is 6.21. The van der Waals surface area contributed by atoms with Crippen LogP contribution in [0.3, 0.4) is 0 Å². The maximum atomic E-state index is 12.0. The van der Waals surface area contributed by atoms with Crippen molar-refractivity contribution < 1.29 is 9.21 Å².